The molecular weight excluding hydrogens is 190 g/mol. The Labute approximate surface area is 90.0 Å². The molecule has 0 aliphatic heterocycles. The Hall–Kier alpha value is -1.77. The first kappa shape index (κ1) is 11.3. The molecule has 0 saturated heterocycles. The SMILES string of the molecule is COc1ccccc1/C=C/C(=O)N(C)C. The number of amides is 1. The second-order valence-corrected chi connectivity index (χ2v) is 3.31. The Morgan fingerprint density at radius 1 is 1.33 bits per heavy atom. The summed E-state index contributed by atoms with van der Waals surface area (Å²) in [6.07, 6.45) is 3.28. The molecule has 0 radical (unpaired) electrons. The topological polar surface area (TPSA) is 29.5 Å². The third-order valence-corrected chi connectivity index (χ3v) is 1.99. The second kappa shape index (κ2) is 5.20. The number of likely N-dealkylation sites (N-methyl/N-ethyl adjacent to an activating group) is 1. The molecule has 1 aromatic carbocycles. The fourth-order valence-corrected chi connectivity index (χ4v) is 1.11. The lowest BCUT2D eigenvalue weighted by Crippen LogP contribution is -2.18. The van der Waals surface area contributed by atoms with Crippen molar-refractivity contribution in [2.75, 3.05) is 21.2 Å². The molecule has 0 N–H and O–H groups in total. The molecule has 0 spiro atoms. The minimum absolute atomic E-state index is 0.0408. The summed E-state index contributed by atoms with van der Waals surface area (Å²) < 4.78 is 5.16. The van der Waals surface area contributed by atoms with Gasteiger partial charge in [-0.25, -0.2) is 0 Å². The van der Waals surface area contributed by atoms with Gasteiger partial charge in [0.1, 0.15) is 5.75 Å². The lowest BCUT2D eigenvalue weighted by Gasteiger charge is -2.06. The van der Waals surface area contributed by atoms with Gasteiger partial charge in [0.25, 0.3) is 0 Å². The van der Waals surface area contributed by atoms with Gasteiger partial charge in [0.15, 0.2) is 0 Å². The molecule has 3 heteroatoms. The van der Waals surface area contributed by atoms with Crippen molar-refractivity contribution in [3.8, 4) is 5.75 Å². The van der Waals surface area contributed by atoms with Gasteiger partial charge in [-0.2, -0.15) is 0 Å². The third kappa shape index (κ3) is 3.13. The molecule has 0 aliphatic rings. The fourth-order valence-electron chi connectivity index (χ4n) is 1.11. The second-order valence-electron chi connectivity index (χ2n) is 3.31. The number of benzene rings is 1. The van der Waals surface area contributed by atoms with Crippen LogP contribution in [0.2, 0.25) is 0 Å². The minimum atomic E-state index is -0.0408. The molecule has 0 atom stereocenters. The summed E-state index contributed by atoms with van der Waals surface area (Å²) in [4.78, 5) is 12.8. The van der Waals surface area contributed by atoms with Crippen LogP contribution in [-0.4, -0.2) is 32.0 Å². The van der Waals surface area contributed by atoms with Crippen molar-refractivity contribution in [3.63, 3.8) is 0 Å². The minimum Gasteiger partial charge on any atom is -0.496 e. The third-order valence-electron chi connectivity index (χ3n) is 1.99. The summed E-state index contributed by atoms with van der Waals surface area (Å²) in [5.74, 6) is 0.723. The van der Waals surface area contributed by atoms with Gasteiger partial charge in [-0.15, -0.1) is 0 Å². The quantitative estimate of drug-likeness (QED) is 0.704. The average molecular weight is 205 g/mol. The maximum absolute atomic E-state index is 11.3. The fraction of sp³-hybridized carbons (Fsp3) is 0.250. The number of nitrogens with zero attached hydrogens (tertiary/aromatic N) is 1. The number of ether oxygens (including phenoxy) is 1. The number of methoxy groups -OCH3 is 1. The number of rotatable bonds is 3. The monoisotopic (exact) mass is 205 g/mol. The zero-order valence-corrected chi connectivity index (χ0v) is 9.23. The number of para-hydroxylation sites is 1. The van der Waals surface area contributed by atoms with Gasteiger partial charge in [-0.05, 0) is 12.1 Å². The lowest BCUT2D eigenvalue weighted by atomic mass is 10.2. The van der Waals surface area contributed by atoms with E-state index in [2.05, 4.69) is 0 Å². The predicted molar refractivity (Wildman–Crippen MR) is 60.7 cm³/mol. The maximum atomic E-state index is 11.3. The van der Waals surface area contributed by atoms with E-state index >= 15 is 0 Å². The smallest absolute Gasteiger partial charge is 0.246 e. The Bertz CT molecular complexity index is 370. The number of hydrogen-bond donors (Lipinski definition) is 0. The molecule has 1 amide bonds. The maximum Gasteiger partial charge on any atom is 0.246 e. The molecular formula is C12H15NO2. The van der Waals surface area contributed by atoms with E-state index in [9.17, 15) is 4.79 Å². The summed E-state index contributed by atoms with van der Waals surface area (Å²) in [5, 5.41) is 0. The van der Waals surface area contributed by atoms with Crippen LogP contribution in [-0.2, 0) is 4.79 Å². The van der Waals surface area contributed by atoms with Crippen molar-refractivity contribution < 1.29 is 9.53 Å². The first-order valence-corrected chi connectivity index (χ1v) is 4.67. The Balaban J connectivity index is 2.84. The van der Waals surface area contributed by atoms with Crippen LogP contribution < -0.4 is 4.74 Å². The lowest BCUT2D eigenvalue weighted by molar-refractivity contribution is -0.123. The van der Waals surface area contributed by atoms with Crippen molar-refractivity contribution >= 4 is 12.0 Å². The van der Waals surface area contributed by atoms with Crippen LogP contribution in [0.5, 0.6) is 5.75 Å². The molecule has 0 aliphatic carbocycles. The highest BCUT2D eigenvalue weighted by molar-refractivity contribution is 5.91. The molecule has 0 saturated carbocycles. The highest BCUT2D eigenvalue weighted by Crippen LogP contribution is 2.18. The van der Waals surface area contributed by atoms with Crippen molar-refractivity contribution in [2.45, 2.75) is 0 Å². The van der Waals surface area contributed by atoms with Crippen LogP contribution >= 0.6 is 0 Å². The largest absolute Gasteiger partial charge is 0.496 e. The van der Waals surface area contributed by atoms with Crippen molar-refractivity contribution in [3.05, 3.63) is 35.9 Å². The summed E-state index contributed by atoms with van der Waals surface area (Å²) in [6, 6.07) is 7.56. The van der Waals surface area contributed by atoms with Crippen molar-refractivity contribution in [1.82, 2.24) is 4.90 Å². The molecule has 80 valence electrons. The Kier molecular flexibility index (Phi) is 3.92. The van der Waals surface area contributed by atoms with Gasteiger partial charge in [0, 0.05) is 25.7 Å². The van der Waals surface area contributed by atoms with Gasteiger partial charge < -0.3 is 9.64 Å². The van der Waals surface area contributed by atoms with Gasteiger partial charge in [-0.1, -0.05) is 18.2 Å². The summed E-state index contributed by atoms with van der Waals surface area (Å²) in [7, 11) is 5.05. The van der Waals surface area contributed by atoms with Crippen LogP contribution in [0.1, 0.15) is 5.56 Å². The zero-order chi connectivity index (χ0) is 11.3. The molecule has 0 aromatic heterocycles. The number of carbonyl (C=O) groups is 1. The van der Waals surface area contributed by atoms with E-state index in [-0.39, 0.29) is 5.91 Å². The van der Waals surface area contributed by atoms with Gasteiger partial charge in [0.2, 0.25) is 5.91 Å². The van der Waals surface area contributed by atoms with Crippen molar-refractivity contribution in [2.24, 2.45) is 0 Å². The summed E-state index contributed by atoms with van der Waals surface area (Å²) >= 11 is 0. The van der Waals surface area contributed by atoms with Crippen LogP contribution in [0.4, 0.5) is 0 Å². The van der Waals surface area contributed by atoms with Gasteiger partial charge in [-0.3, -0.25) is 4.79 Å². The standard InChI is InChI=1S/C12H15NO2/c1-13(2)12(14)9-8-10-6-4-5-7-11(10)15-3/h4-9H,1-3H3/b9-8+. The van der Waals surface area contributed by atoms with E-state index in [4.69, 9.17) is 4.74 Å². The number of hydrogen-bond acceptors (Lipinski definition) is 2. The van der Waals surface area contributed by atoms with E-state index in [0.29, 0.717) is 0 Å². The molecule has 3 nitrogen and oxygen atoms in total. The summed E-state index contributed by atoms with van der Waals surface area (Å²) in [6.45, 7) is 0. The van der Waals surface area contributed by atoms with Crippen LogP contribution in [0.25, 0.3) is 6.08 Å². The first-order chi connectivity index (χ1) is 7.15. The molecule has 0 heterocycles. The number of carbonyl (C=O) groups excluding carboxylic acids is 1. The zero-order valence-electron chi connectivity index (χ0n) is 9.23. The molecule has 15 heavy (non-hydrogen) atoms. The molecule has 1 rings (SSSR count). The van der Waals surface area contributed by atoms with Gasteiger partial charge in [0.05, 0.1) is 7.11 Å². The highest BCUT2D eigenvalue weighted by atomic mass is 16.5. The molecule has 0 unspecified atom stereocenters. The van der Waals surface area contributed by atoms with E-state index < -0.39 is 0 Å². The Morgan fingerprint density at radius 3 is 2.60 bits per heavy atom. The molecule has 1 aromatic rings. The van der Waals surface area contributed by atoms with Crippen LogP contribution in [0, 0.1) is 0 Å². The van der Waals surface area contributed by atoms with Crippen LogP contribution in [0.3, 0.4) is 0 Å². The average Bonchev–Trinajstić information content (AvgIpc) is 2.26. The Morgan fingerprint density at radius 2 is 2.00 bits per heavy atom. The molecule has 0 bridgehead atoms. The normalized spacial score (nSPS) is 10.3. The highest BCUT2D eigenvalue weighted by Gasteiger charge is 2.00. The van der Waals surface area contributed by atoms with E-state index in [1.54, 1.807) is 27.3 Å². The van der Waals surface area contributed by atoms with Crippen LogP contribution in [0.15, 0.2) is 30.3 Å². The van der Waals surface area contributed by atoms with Gasteiger partial charge >= 0.3 is 0 Å². The van der Waals surface area contributed by atoms with E-state index in [1.807, 2.05) is 24.3 Å². The van der Waals surface area contributed by atoms with Crippen molar-refractivity contribution in [1.29, 1.82) is 0 Å². The van der Waals surface area contributed by atoms with E-state index in [1.165, 1.54) is 11.0 Å². The summed E-state index contributed by atoms with van der Waals surface area (Å²) in [5.41, 5.74) is 0.898. The molecule has 0 fully saturated rings. The first-order valence-electron chi connectivity index (χ1n) is 4.67. The predicted octanol–water partition coefficient (Wildman–Crippen LogP) is 1.80. The van der Waals surface area contributed by atoms with E-state index in [0.717, 1.165) is 11.3 Å².